The topological polar surface area (TPSA) is 93.6 Å². The van der Waals surface area contributed by atoms with Gasteiger partial charge in [-0.2, -0.15) is 5.10 Å². The first kappa shape index (κ1) is 34.0. The minimum absolute atomic E-state index is 0.302. The molecule has 1 aliphatic heterocycles. The van der Waals surface area contributed by atoms with Crippen LogP contribution in [-0.2, 0) is 15.8 Å². The Balaban J connectivity index is 1.30. The number of amides is 1. The number of aromatic nitrogens is 5. The van der Waals surface area contributed by atoms with Crippen LogP contribution in [0.5, 0.6) is 0 Å². The molecule has 1 saturated heterocycles. The Bertz CT molecular complexity index is 2190. The molecule has 8 rings (SSSR count). The van der Waals surface area contributed by atoms with Crippen molar-refractivity contribution in [1.82, 2.24) is 29.6 Å². The Morgan fingerprint density at radius 2 is 1.38 bits per heavy atom. The molecule has 0 unspecified atom stereocenters. The first-order valence-electron chi connectivity index (χ1n) is 18.2. The summed E-state index contributed by atoms with van der Waals surface area (Å²) in [5.41, 5.74) is 4.00. The van der Waals surface area contributed by atoms with E-state index in [0.29, 0.717) is 37.6 Å². The van der Waals surface area contributed by atoms with Crippen LogP contribution in [-0.4, -0.2) is 67.5 Å². The maximum absolute atomic E-state index is 12.8. The van der Waals surface area contributed by atoms with Gasteiger partial charge in [0.15, 0.2) is 0 Å². The first-order valence-corrected chi connectivity index (χ1v) is 18.2. The number of hydrogen-bond donors (Lipinski definition) is 0. The third-order valence-corrected chi connectivity index (χ3v) is 10.5. The van der Waals surface area contributed by atoms with Crippen LogP contribution in [0.1, 0.15) is 62.4 Å². The van der Waals surface area contributed by atoms with E-state index in [-0.39, 0.29) is 6.09 Å². The maximum Gasteiger partial charge on any atom is 0.410 e. The van der Waals surface area contributed by atoms with Crippen molar-refractivity contribution in [2.45, 2.75) is 56.7 Å². The minimum atomic E-state index is -0.884. The van der Waals surface area contributed by atoms with Crippen molar-refractivity contribution in [1.29, 1.82) is 0 Å². The van der Waals surface area contributed by atoms with Gasteiger partial charge in [0.25, 0.3) is 5.54 Å². The van der Waals surface area contributed by atoms with Gasteiger partial charge < -0.3 is 19.4 Å². The third-order valence-electron chi connectivity index (χ3n) is 10.5. The number of fused-ring (bicyclic) bond motifs is 1. The molecule has 1 amide bonds. The van der Waals surface area contributed by atoms with Crippen molar-refractivity contribution in [2.24, 2.45) is 0 Å². The molecular formula is C43H42N8O2. The summed E-state index contributed by atoms with van der Waals surface area (Å²) in [4.78, 5) is 35.3. The zero-order chi connectivity index (χ0) is 36.6. The van der Waals surface area contributed by atoms with E-state index in [9.17, 15) is 4.79 Å². The molecule has 2 fully saturated rings. The van der Waals surface area contributed by atoms with Crippen LogP contribution < -0.4 is 4.90 Å². The summed E-state index contributed by atoms with van der Waals surface area (Å²) < 4.78 is 7.72. The fourth-order valence-corrected chi connectivity index (χ4v) is 7.65. The Kier molecular flexibility index (Phi) is 8.65. The third kappa shape index (κ3) is 6.06. The van der Waals surface area contributed by atoms with Gasteiger partial charge in [0, 0.05) is 50.5 Å². The molecule has 10 heteroatoms. The van der Waals surface area contributed by atoms with Crippen molar-refractivity contribution in [3.63, 3.8) is 0 Å². The smallest absolute Gasteiger partial charge is 0.410 e. The van der Waals surface area contributed by atoms with Crippen LogP contribution >= 0.6 is 0 Å². The highest BCUT2D eigenvalue weighted by Crippen LogP contribution is 2.47. The molecule has 2 aliphatic rings. The molecule has 53 heavy (non-hydrogen) atoms. The lowest BCUT2D eigenvalue weighted by Crippen LogP contribution is -2.50. The Hall–Kier alpha value is -6.08. The number of anilines is 1. The van der Waals surface area contributed by atoms with Crippen LogP contribution in [0, 0.1) is 6.57 Å². The maximum atomic E-state index is 12.8. The summed E-state index contributed by atoms with van der Waals surface area (Å²) in [7, 11) is 0. The molecule has 0 atom stereocenters. The highest BCUT2D eigenvalue weighted by molar-refractivity contribution is 5.93. The number of rotatable bonds is 7. The van der Waals surface area contributed by atoms with Crippen LogP contribution in [0.2, 0.25) is 0 Å². The Morgan fingerprint density at radius 1 is 0.792 bits per heavy atom. The van der Waals surface area contributed by atoms with E-state index in [1.165, 1.54) is 0 Å². The van der Waals surface area contributed by atoms with Crippen molar-refractivity contribution in [3.05, 3.63) is 149 Å². The SMILES string of the molecule is [C-]#[N+]C1(c2cc3c(-c4cc(N5CCN(C(=O)OC(C)(C)C)CC5)ncn4)nn(C(c4ccccc4)(c4ccccc4)c4ccccc4)c3cn2)CCC1. The molecule has 0 bridgehead atoms. The van der Waals surface area contributed by atoms with Gasteiger partial charge >= 0.3 is 6.09 Å². The van der Waals surface area contributed by atoms with E-state index in [1.54, 1.807) is 11.2 Å². The standard InChI is InChI=1S/C43H42N8O2/c1-41(2,3)53-40(52)50-25-23-49(24-26-50)38-28-35(46-30-47-38)39-34-27-37(42(44-4)21-14-22-42)45-29-36(34)51(48-39)43(31-15-8-5-9-16-31,32-17-10-6-11-18-32)33-19-12-7-13-20-33/h5-13,15-20,27-30H,14,21-26H2,1-3H3. The lowest BCUT2D eigenvalue weighted by molar-refractivity contribution is 0.0240. The average molecular weight is 703 g/mol. The first-order chi connectivity index (χ1) is 25.7. The van der Waals surface area contributed by atoms with Gasteiger partial charge in [0.05, 0.1) is 17.4 Å². The quantitative estimate of drug-likeness (QED) is 0.123. The number of piperazine rings is 1. The van der Waals surface area contributed by atoms with E-state index in [2.05, 4.69) is 98.3 Å². The lowest BCUT2D eigenvalue weighted by atomic mass is 9.74. The number of benzene rings is 3. The second-order valence-electron chi connectivity index (χ2n) is 14.9. The largest absolute Gasteiger partial charge is 0.444 e. The van der Waals surface area contributed by atoms with Gasteiger partial charge in [0.2, 0.25) is 0 Å². The predicted molar refractivity (Wildman–Crippen MR) is 205 cm³/mol. The summed E-state index contributed by atoms with van der Waals surface area (Å²) in [6.45, 7) is 16.0. The lowest BCUT2D eigenvalue weighted by Gasteiger charge is -2.37. The van der Waals surface area contributed by atoms with E-state index >= 15 is 0 Å². The van der Waals surface area contributed by atoms with E-state index in [4.69, 9.17) is 26.4 Å². The summed E-state index contributed by atoms with van der Waals surface area (Å²) in [5, 5.41) is 6.40. The normalized spacial score (nSPS) is 15.8. The molecule has 1 aliphatic carbocycles. The Morgan fingerprint density at radius 3 is 1.89 bits per heavy atom. The number of nitrogens with zero attached hydrogens (tertiary/aromatic N) is 8. The van der Waals surface area contributed by atoms with Crippen LogP contribution in [0.15, 0.2) is 116 Å². The number of pyridine rings is 1. The van der Waals surface area contributed by atoms with Gasteiger partial charge in [0.1, 0.15) is 34.7 Å². The molecular weight excluding hydrogens is 661 g/mol. The van der Waals surface area contributed by atoms with Gasteiger partial charge in [-0.3, -0.25) is 4.98 Å². The summed E-state index contributed by atoms with van der Waals surface area (Å²) >= 11 is 0. The van der Waals surface area contributed by atoms with Crippen molar-refractivity contribution < 1.29 is 9.53 Å². The van der Waals surface area contributed by atoms with Gasteiger partial charge in [-0.05, 0) is 49.9 Å². The van der Waals surface area contributed by atoms with E-state index < -0.39 is 16.7 Å². The molecule has 0 spiro atoms. The molecule has 1 saturated carbocycles. The number of carbonyl (C=O) groups excluding carboxylic acids is 1. The van der Waals surface area contributed by atoms with Crippen LogP contribution in [0.3, 0.4) is 0 Å². The van der Waals surface area contributed by atoms with E-state index in [0.717, 1.165) is 58.4 Å². The van der Waals surface area contributed by atoms with Crippen molar-refractivity contribution in [2.75, 3.05) is 31.1 Å². The zero-order valence-electron chi connectivity index (χ0n) is 30.3. The summed E-state index contributed by atoms with van der Waals surface area (Å²) in [5.74, 6) is 0.757. The highest BCUT2D eigenvalue weighted by Gasteiger charge is 2.48. The average Bonchev–Trinajstić information content (AvgIpc) is 3.55. The van der Waals surface area contributed by atoms with E-state index in [1.807, 2.05) is 51.2 Å². The monoisotopic (exact) mass is 702 g/mol. The summed E-state index contributed by atoms with van der Waals surface area (Å²) in [6, 6.07) is 35.4. The molecule has 6 aromatic rings. The highest BCUT2D eigenvalue weighted by atomic mass is 16.6. The molecule has 3 aromatic heterocycles. The Labute approximate surface area is 309 Å². The van der Waals surface area contributed by atoms with Crippen LogP contribution in [0.25, 0.3) is 27.1 Å². The molecule has 3 aromatic carbocycles. The van der Waals surface area contributed by atoms with Crippen molar-refractivity contribution in [3.8, 4) is 11.4 Å². The van der Waals surface area contributed by atoms with Crippen molar-refractivity contribution >= 4 is 22.8 Å². The molecule has 10 nitrogen and oxygen atoms in total. The number of carbonyl (C=O) groups is 1. The zero-order valence-corrected chi connectivity index (χ0v) is 30.3. The van der Waals surface area contributed by atoms with Gasteiger partial charge in [-0.15, -0.1) is 0 Å². The second-order valence-corrected chi connectivity index (χ2v) is 14.9. The fraction of sp³-hybridized carbons (Fsp3) is 0.302. The van der Waals surface area contributed by atoms with Gasteiger partial charge in [-0.1, -0.05) is 91.0 Å². The molecule has 0 N–H and O–H groups in total. The minimum Gasteiger partial charge on any atom is -0.444 e. The number of hydrogen-bond acceptors (Lipinski definition) is 7. The predicted octanol–water partition coefficient (Wildman–Crippen LogP) is 8.08. The summed E-state index contributed by atoms with van der Waals surface area (Å²) in [6.07, 6.45) is 5.76. The molecule has 4 heterocycles. The molecule has 266 valence electrons. The number of ether oxygens (including phenoxy) is 1. The van der Waals surface area contributed by atoms with Crippen LogP contribution in [0.4, 0.5) is 10.6 Å². The fourth-order valence-electron chi connectivity index (χ4n) is 7.65. The second kappa shape index (κ2) is 13.5. The molecule has 0 radical (unpaired) electrons. The van der Waals surface area contributed by atoms with Gasteiger partial charge in [-0.25, -0.2) is 26.0 Å².